The number of unbranched alkanes of at least 4 members (excludes halogenated alkanes) is 6. The highest BCUT2D eigenvalue weighted by atomic mass is 35.5. The van der Waals surface area contributed by atoms with Crippen LogP contribution in [0.25, 0.3) is 21.5 Å². The van der Waals surface area contributed by atoms with E-state index in [1.807, 2.05) is 30.3 Å². The van der Waals surface area contributed by atoms with Crippen molar-refractivity contribution < 1.29 is 19.7 Å². The molecule has 5 heteroatoms. The van der Waals surface area contributed by atoms with Gasteiger partial charge in [-0.1, -0.05) is 48.7 Å². The summed E-state index contributed by atoms with van der Waals surface area (Å²) in [6.45, 7) is 1.76. The van der Waals surface area contributed by atoms with Crippen LogP contribution in [0.5, 0.6) is 11.5 Å². The lowest BCUT2D eigenvalue weighted by Gasteiger charge is -2.18. The summed E-state index contributed by atoms with van der Waals surface area (Å²) < 4.78 is 12.6. The van der Waals surface area contributed by atoms with E-state index < -0.39 is 0 Å². The minimum Gasteiger partial charge on any atom is -0.492 e. The molecular weight excluding hydrogens is 412 g/mol. The molecule has 0 atom stereocenters. The van der Waals surface area contributed by atoms with Crippen LogP contribution in [0.4, 0.5) is 0 Å². The zero-order valence-electron chi connectivity index (χ0n) is 18.1. The van der Waals surface area contributed by atoms with Gasteiger partial charge in [-0.2, -0.15) is 0 Å². The Hall–Kier alpha value is -2.01. The molecule has 0 spiro atoms. The summed E-state index contributed by atoms with van der Waals surface area (Å²) in [7, 11) is 0. The number of benzene rings is 3. The lowest BCUT2D eigenvalue weighted by Crippen LogP contribution is -2.02. The van der Waals surface area contributed by atoms with Crippen molar-refractivity contribution in [2.24, 2.45) is 0 Å². The van der Waals surface area contributed by atoms with Crippen molar-refractivity contribution in [2.45, 2.75) is 51.4 Å². The largest absolute Gasteiger partial charge is 0.492 e. The summed E-state index contributed by atoms with van der Waals surface area (Å²) in [6, 6.07) is 14.1. The molecule has 168 valence electrons. The van der Waals surface area contributed by atoms with E-state index in [9.17, 15) is 0 Å². The Kier molecular flexibility index (Phi) is 9.73. The van der Waals surface area contributed by atoms with E-state index in [4.69, 9.17) is 31.3 Å². The number of halogens is 1. The molecule has 0 fully saturated rings. The molecule has 4 nitrogen and oxygen atoms in total. The lowest BCUT2D eigenvalue weighted by atomic mass is 10.0. The topological polar surface area (TPSA) is 58.9 Å². The summed E-state index contributed by atoms with van der Waals surface area (Å²) in [5, 5.41) is 22.6. The second-order valence-corrected chi connectivity index (χ2v) is 8.30. The predicted octanol–water partition coefficient (Wildman–Crippen LogP) is 6.51. The van der Waals surface area contributed by atoms with Gasteiger partial charge in [0, 0.05) is 39.8 Å². The third kappa shape index (κ3) is 6.49. The van der Waals surface area contributed by atoms with Crippen LogP contribution in [-0.4, -0.2) is 36.6 Å². The quantitative estimate of drug-likeness (QED) is 0.220. The summed E-state index contributed by atoms with van der Waals surface area (Å²) >= 11 is 6.35. The normalized spacial score (nSPS) is 11.3. The van der Waals surface area contributed by atoms with E-state index in [1.165, 1.54) is 0 Å². The van der Waals surface area contributed by atoms with Crippen molar-refractivity contribution in [2.75, 3.05) is 26.4 Å². The molecule has 0 saturated heterocycles. The number of ether oxygens (including phenoxy) is 2. The Bertz CT molecular complexity index is 957. The molecule has 0 aliphatic heterocycles. The summed E-state index contributed by atoms with van der Waals surface area (Å²) in [6.07, 6.45) is 7.69. The van der Waals surface area contributed by atoms with Gasteiger partial charge < -0.3 is 19.7 Å². The third-order valence-corrected chi connectivity index (χ3v) is 5.72. The molecule has 0 saturated carbocycles. The van der Waals surface area contributed by atoms with Gasteiger partial charge in [0.2, 0.25) is 0 Å². The second kappa shape index (κ2) is 12.7. The van der Waals surface area contributed by atoms with E-state index in [-0.39, 0.29) is 13.2 Å². The van der Waals surface area contributed by atoms with Gasteiger partial charge in [0.1, 0.15) is 11.5 Å². The first-order chi connectivity index (χ1) is 15.3. The highest BCUT2D eigenvalue weighted by Crippen LogP contribution is 2.43. The van der Waals surface area contributed by atoms with Crippen LogP contribution in [0.2, 0.25) is 5.02 Å². The lowest BCUT2D eigenvalue weighted by molar-refractivity contribution is 0.274. The van der Waals surface area contributed by atoms with Gasteiger partial charge in [0.15, 0.2) is 0 Å². The van der Waals surface area contributed by atoms with Crippen LogP contribution in [0.3, 0.4) is 0 Å². The molecule has 0 radical (unpaired) electrons. The maximum Gasteiger partial charge on any atom is 0.135 e. The number of fused-ring (bicyclic) bond motifs is 2. The number of aliphatic hydroxyl groups is 2. The van der Waals surface area contributed by atoms with E-state index in [0.29, 0.717) is 18.2 Å². The van der Waals surface area contributed by atoms with E-state index in [1.54, 1.807) is 0 Å². The van der Waals surface area contributed by atoms with Crippen molar-refractivity contribution in [3.8, 4) is 11.5 Å². The van der Waals surface area contributed by atoms with Crippen molar-refractivity contribution in [1.82, 2.24) is 0 Å². The first-order valence-electron chi connectivity index (χ1n) is 11.4. The van der Waals surface area contributed by atoms with Crippen LogP contribution in [0.15, 0.2) is 42.5 Å². The Morgan fingerprint density at radius 2 is 1.06 bits per heavy atom. The van der Waals surface area contributed by atoms with Crippen molar-refractivity contribution in [3.63, 3.8) is 0 Å². The predicted molar refractivity (Wildman–Crippen MR) is 129 cm³/mol. The molecule has 0 amide bonds. The fraction of sp³-hybridized carbons (Fsp3) is 0.462. The second-order valence-electron chi connectivity index (χ2n) is 7.87. The first kappa shape index (κ1) is 23.6. The van der Waals surface area contributed by atoms with Crippen molar-refractivity contribution in [1.29, 1.82) is 0 Å². The number of hydrogen-bond donors (Lipinski definition) is 2. The smallest absolute Gasteiger partial charge is 0.135 e. The zero-order chi connectivity index (χ0) is 21.9. The van der Waals surface area contributed by atoms with Gasteiger partial charge in [-0.15, -0.1) is 0 Å². The number of aliphatic hydroxyl groups excluding tert-OH is 2. The maximum atomic E-state index is 8.94. The Morgan fingerprint density at radius 3 is 1.61 bits per heavy atom. The molecule has 0 bridgehead atoms. The molecule has 0 heterocycles. The molecule has 3 aromatic carbocycles. The molecule has 0 aromatic heterocycles. The Labute approximate surface area is 189 Å². The van der Waals surface area contributed by atoms with Crippen molar-refractivity contribution in [3.05, 3.63) is 47.5 Å². The Morgan fingerprint density at radius 1 is 0.581 bits per heavy atom. The molecule has 0 unspecified atom stereocenters. The van der Waals surface area contributed by atoms with Gasteiger partial charge in [-0.25, -0.2) is 0 Å². The SMILES string of the molecule is OCCCCCCOc1c2ccccc2c(OCCCCCCO)c2cc(Cl)ccc12. The fourth-order valence-corrected chi connectivity index (χ4v) is 4.04. The van der Waals surface area contributed by atoms with E-state index in [0.717, 1.165) is 84.4 Å². The van der Waals surface area contributed by atoms with Crippen LogP contribution < -0.4 is 9.47 Å². The van der Waals surface area contributed by atoms with Crippen LogP contribution in [0, 0.1) is 0 Å². The minimum atomic E-state index is 0.248. The molecule has 3 rings (SSSR count). The number of hydrogen-bond acceptors (Lipinski definition) is 4. The zero-order valence-corrected chi connectivity index (χ0v) is 18.9. The molecule has 3 aromatic rings. The average molecular weight is 445 g/mol. The van der Waals surface area contributed by atoms with E-state index in [2.05, 4.69) is 12.1 Å². The van der Waals surface area contributed by atoms with E-state index >= 15 is 0 Å². The van der Waals surface area contributed by atoms with Crippen molar-refractivity contribution >= 4 is 33.1 Å². The first-order valence-corrected chi connectivity index (χ1v) is 11.8. The highest BCUT2D eigenvalue weighted by Gasteiger charge is 2.16. The van der Waals surface area contributed by atoms with Crippen LogP contribution in [0.1, 0.15) is 51.4 Å². The number of rotatable bonds is 14. The molecular formula is C26H33ClO4. The van der Waals surface area contributed by atoms with Crippen LogP contribution in [-0.2, 0) is 0 Å². The summed E-state index contributed by atoms with van der Waals surface area (Å²) in [4.78, 5) is 0. The molecule has 31 heavy (non-hydrogen) atoms. The summed E-state index contributed by atoms with van der Waals surface area (Å²) in [5.74, 6) is 1.73. The third-order valence-electron chi connectivity index (χ3n) is 5.48. The fourth-order valence-electron chi connectivity index (χ4n) is 3.87. The van der Waals surface area contributed by atoms with Gasteiger partial charge in [0.05, 0.1) is 13.2 Å². The molecule has 0 aliphatic rings. The molecule has 0 aliphatic carbocycles. The summed E-state index contributed by atoms with van der Waals surface area (Å²) in [5.41, 5.74) is 0. The minimum absolute atomic E-state index is 0.248. The van der Waals surface area contributed by atoms with Gasteiger partial charge in [-0.3, -0.25) is 0 Å². The Balaban J connectivity index is 1.86. The standard InChI is InChI=1S/C26H33ClO4/c27-20-13-14-23-24(19-20)26(31-18-10-4-2-8-16-29)22-12-6-5-11-21(22)25(23)30-17-9-3-1-7-15-28/h5-6,11-14,19,28-29H,1-4,7-10,15-18H2. The van der Waals surface area contributed by atoms with Gasteiger partial charge >= 0.3 is 0 Å². The van der Waals surface area contributed by atoms with Gasteiger partial charge in [-0.05, 0) is 56.7 Å². The molecule has 2 N–H and O–H groups in total. The highest BCUT2D eigenvalue weighted by molar-refractivity contribution is 6.31. The monoisotopic (exact) mass is 444 g/mol. The van der Waals surface area contributed by atoms with Crippen LogP contribution >= 0.6 is 11.6 Å². The average Bonchev–Trinajstić information content (AvgIpc) is 2.79. The maximum absolute atomic E-state index is 8.94. The van der Waals surface area contributed by atoms with Gasteiger partial charge in [0.25, 0.3) is 0 Å².